The van der Waals surface area contributed by atoms with Gasteiger partial charge in [-0.15, -0.1) is 0 Å². The molecule has 4 rings (SSSR count). The lowest BCUT2D eigenvalue weighted by molar-refractivity contribution is 0.0949. The molecule has 6 nitrogen and oxygen atoms in total. The van der Waals surface area contributed by atoms with E-state index >= 15 is 0 Å². The number of amides is 1. The maximum Gasteiger partial charge on any atom is 0.291 e. The van der Waals surface area contributed by atoms with E-state index in [9.17, 15) is 4.79 Å². The summed E-state index contributed by atoms with van der Waals surface area (Å²) < 4.78 is 6.97. The minimum absolute atomic E-state index is 0.280. The molecule has 1 heterocycles. The van der Waals surface area contributed by atoms with E-state index in [4.69, 9.17) is 4.74 Å². The Bertz CT molecular complexity index is 1210. The number of aryl methyl sites for hydroxylation is 1. The van der Waals surface area contributed by atoms with Gasteiger partial charge < -0.3 is 4.74 Å². The highest BCUT2D eigenvalue weighted by Gasteiger charge is 2.16. The molecule has 31 heavy (non-hydrogen) atoms. The number of aromatic nitrogens is 2. The van der Waals surface area contributed by atoms with E-state index in [1.807, 2.05) is 85.8 Å². The van der Waals surface area contributed by atoms with Gasteiger partial charge in [0.2, 0.25) is 0 Å². The predicted octanol–water partition coefficient (Wildman–Crippen LogP) is 4.62. The van der Waals surface area contributed by atoms with Gasteiger partial charge in [0, 0.05) is 5.56 Å². The Morgan fingerprint density at radius 2 is 1.77 bits per heavy atom. The zero-order valence-corrected chi connectivity index (χ0v) is 17.3. The van der Waals surface area contributed by atoms with Crippen LogP contribution >= 0.6 is 0 Å². The molecule has 0 unspecified atom stereocenters. The molecule has 0 spiro atoms. The van der Waals surface area contributed by atoms with Gasteiger partial charge in [-0.1, -0.05) is 60.2 Å². The molecule has 0 atom stereocenters. The van der Waals surface area contributed by atoms with Crippen molar-refractivity contribution in [3.63, 3.8) is 0 Å². The molecular weight excluding hydrogens is 388 g/mol. The highest BCUT2D eigenvalue weighted by molar-refractivity contribution is 5.94. The third kappa shape index (κ3) is 4.70. The third-order valence-electron chi connectivity index (χ3n) is 4.76. The Hall–Kier alpha value is -4.19. The third-order valence-corrected chi connectivity index (χ3v) is 4.76. The summed E-state index contributed by atoms with van der Waals surface area (Å²) >= 11 is 0. The van der Waals surface area contributed by atoms with Crippen LogP contribution in [0.25, 0.3) is 16.9 Å². The van der Waals surface area contributed by atoms with E-state index in [1.165, 1.54) is 5.56 Å². The molecule has 4 aromatic rings. The fraction of sp³-hybridized carbons (Fsp3) is 0.0800. The molecular formula is C25H22N4O2. The number of ether oxygens (including phenoxy) is 1. The number of hydrazone groups is 1. The van der Waals surface area contributed by atoms with Gasteiger partial charge in [0.05, 0.1) is 24.7 Å². The molecule has 0 saturated heterocycles. The first-order valence-corrected chi connectivity index (χ1v) is 9.84. The number of carbonyl (C=O) groups excluding carboxylic acids is 1. The van der Waals surface area contributed by atoms with Crippen LogP contribution in [0.5, 0.6) is 5.75 Å². The topological polar surface area (TPSA) is 68.5 Å². The van der Waals surface area contributed by atoms with E-state index < -0.39 is 0 Å². The maximum absolute atomic E-state index is 12.7. The maximum atomic E-state index is 12.7. The number of rotatable bonds is 6. The first-order valence-electron chi connectivity index (χ1n) is 9.84. The minimum Gasteiger partial charge on any atom is -0.497 e. The lowest BCUT2D eigenvalue weighted by Crippen LogP contribution is -2.18. The predicted molar refractivity (Wildman–Crippen MR) is 122 cm³/mol. The zero-order valence-electron chi connectivity index (χ0n) is 17.3. The number of methoxy groups -OCH3 is 1. The highest BCUT2D eigenvalue weighted by atomic mass is 16.5. The lowest BCUT2D eigenvalue weighted by atomic mass is 10.1. The summed E-state index contributed by atoms with van der Waals surface area (Å²) in [4.78, 5) is 12.7. The molecule has 1 N–H and O–H groups in total. The Labute approximate surface area is 180 Å². The molecule has 0 aliphatic heterocycles. The van der Waals surface area contributed by atoms with Crippen LogP contribution in [-0.2, 0) is 0 Å². The van der Waals surface area contributed by atoms with Crippen molar-refractivity contribution in [2.45, 2.75) is 6.92 Å². The molecule has 0 radical (unpaired) electrons. The van der Waals surface area contributed by atoms with E-state index in [-0.39, 0.29) is 11.6 Å². The number of hydrogen-bond donors (Lipinski definition) is 1. The molecule has 0 aliphatic rings. The van der Waals surface area contributed by atoms with Crippen LogP contribution < -0.4 is 10.2 Å². The summed E-state index contributed by atoms with van der Waals surface area (Å²) in [6.07, 6.45) is 1.56. The molecule has 0 fully saturated rings. The van der Waals surface area contributed by atoms with Crippen LogP contribution in [0.2, 0.25) is 0 Å². The Morgan fingerprint density at radius 1 is 1.00 bits per heavy atom. The standard InChI is InChI=1S/C25H22N4O2/c1-18-11-13-20(14-12-18)24-16-23(28-29(24)21-8-4-3-5-9-21)25(30)27-26-17-19-7-6-10-22(15-19)31-2/h3-17H,1-2H3,(H,27,30)/b26-17-. The molecule has 0 saturated carbocycles. The molecule has 3 aromatic carbocycles. The molecule has 0 bridgehead atoms. The van der Waals surface area contributed by atoms with Crippen molar-refractivity contribution in [1.82, 2.24) is 15.2 Å². The summed E-state index contributed by atoms with van der Waals surface area (Å²) in [6.45, 7) is 2.04. The van der Waals surface area contributed by atoms with Crippen molar-refractivity contribution < 1.29 is 9.53 Å². The van der Waals surface area contributed by atoms with Gasteiger partial charge in [-0.25, -0.2) is 10.1 Å². The van der Waals surface area contributed by atoms with Crippen molar-refractivity contribution in [2.75, 3.05) is 7.11 Å². The van der Waals surface area contributed by atoms with Crippen LogP contribution in [-0.4, -0.2) is 29.0 Å². The quantitative estimate of drug-likeness (QED) is 0.372. The molecule has 1 aromatic heterocycles. The number of benzene rings is 3. The molecule has 154 valence electrons. The normalized spacial score (nSPS) is 10.9. The van der Waals surface area contributed by atoms with Crippen molar-refractivity contribution in [2.24, 2.45) is 5.10 Å². The van der Waals surface area contributed by atoms with Gasteiger partial charge in [-0.3, -0.25) is 4.79 Å². The summed E-state index contributed by atoms with van der Waals surface area (Å²) in [6, 6.07) is 27.0. The van der Waals surface area contributed by atoms with Crippen molar-refractivity contribution in [3.05, 3.63) is 102 Å². The highest BCUT2D eigenvalue weighted by Crippen LogP contribution is 2.24. The lowest BCUT2D eigenvalue weighted by Gasteiger charge is -2.07. The fourth-order valence-electron chi connectivity index (χ4n) is 3.13. The summed E-state index contributed by atoms with van der Waals surface area (Å²) in [5.74, 6) is 0.335. The number of carbonyl (C=O) groups is 1. The largest absolute Gasteiger partial charge is 0.497 e. The van der Waals surface area contributed by atoms with E-state index in [2.05, 4.69) is 15.6 Å². The Balaban J connectivity index is 1.61. The SMILES string of the molecule is COc1cccc(/C=N\NC(=O)c2cc(-c3ccc(C)cc3)n(-c3ccccc3)n2)c1. The van der Waals surface area contributed by atoms with Crippen LogP contribution in [0.15, 0.2) is 90.0 Å². The van der Waals surface area contributed by atoms with Crippen molar-refractivity contribution >= 4 is 12.1 Å². The van der Waals surface area contributed by atoms with Gasteiger partial charge in [0.1, 0.15) is 5.75 Å². The van der Waals surface area contributed by atoms with Crippen LogP contribution in [0.1, 0.15) is 21.6 Å². The fourth-order valence-corrected chi connectivity index (χ4v) is 3.13. The van der Waals surface area contributed by atoms with Crippen molar-refractivity contribution in [3.8, 4) is 22.7 Å². The van der Waals surface area contributed by atoms with Gasteiger partial charge >= 0.3 is 0 Å². The molecule has 6 heteroatoms. The Morgan fingerprint density at radius 3 is 2.52 bits per heavy atom. The first kappa shape index (κ1) is 20.1. The minimum atomic E-state index is -0.387. The second-order valence-corrected chi connectivity index (χ2v) is 7.00. The number of nitrogens with one attached hydrogen (secondary N) is 1. The summed E-state index contributed by atoms with van der Waals surface area (Å²) in [5.41, 5.74) is 7.48. The Kier molecular flexibility index (Phi) is 5.89. The van der Waals surface area contributed by atoms with Crippen LogP contribution in [0, 0.1) is 6.92 Å². The number of hydrogen-bond acceptors (Lipinski definition) is 4. The monoisotopic (exact) mass is 410 g/mol. The van der Waals surface area contributed by atoms with E-state index in [0.29, 0.717) is 0 Å². The van der Waals surface area contributed by atoms with E-state index in [0.717, 1.165) is 28.3 Å². The second-order valence-electron chi connectivity index (χ2n) is 7.00. The second kappa shape index (κ2) is 9.09. The van der Waals surface area contributed by atoms with E-state index in [1.54, 1.807) is 24.1 Å². The first-order chi connectivity index (χ1) is 15.1. The summed E-state index contributed by atoms with van der Waals surface area (Å²) in [5, 5.41) is 8.60. The smallest absolute Gasteiger partial charge is 0.291 e. The van der Waals surface area contributed by atoms with Gasteiger partial charge in [0.25, 0.3) is 5.91 Å². The van der Waals surface area contributed by atoms with Crippen molar-refractivity contribution in [1.29, 1.82) is 0 Å². The zero-order chi connectivity index (χ0) is 21.6. The van der Waals surface area contributed by atoms with Crippen LogP contribution in [0.4, 0.5) is 0 Å². The summed E-state index contributed by atoms with van der Waals surface area (Å²) in [7, 11) is 1.60. The van der Waals surface area contributed by atoms with Crippen LogP contribution in [0.3, 0.4) is 0 Å². The van der Waals surface area contributed by atoms with Gasteiger partial charge in [-0.2, -0.15) is 10.2 Å². The van der Waals surface area contributed by atoms with Gasteiger partial charge in [0.15, 0.2) is 5.69 Å². The van der Waals surface area contributed by atoms with Gasteiger partial charge in [-0.05, 0) is 42.8 Å². The average molecular weight is 410 g/mol. The number of para-hydroxylation sites is 1. The molecule has 1 amide bonds. The molecule has 0 aliphatic carbocycles. The number of nitrogens with zero attached hydrogens (tertiary/aromatic N) is 3. The average Bonchev–Trinajstić information content (AvgIpc) is 3.26.